The minimum Gasteiger partial charge on any atom is -0.466 e. The van der Waals surface area contributed by atoms with Gasteiger partial charge in [0.25, 0.3) is 0 Å². The molecule has 1 aromatic carbocycles. The first-order valence-electron chi connectivity index (χ1n) is 11.0. The number of ether oxygens (including phenoxy) is 2. The summed E-state index contributed by atoms with van der Waals surface area (Å²) < 4.78 is 10.9. The normalized spacial score (nSPS) is 24.8. The minimum atomic E-state index is -0.587. The lowest BCUT2D eigenvalue weighted by molar-refractivity contribution is -0.149. The van der Waals surface area contributed by atoms with Gasteiger partial charge in [0.05, 0.1) is 18.1 Å². The van der Waals surface area contributed by atoms with Crippen molar-refractivity contribution in [3.63, 3.8) is 0 Å². The summed E-state index contributed by atoms with van der Waals surface area (Å²) in [5.74, 6) is 0.0592. The van der Waals surface area contributed by atoms with Gasteiger partial charge in [-0.25, -0.2) is 9.59 Å². The summed E-state index contributed by atoms with van der Waals surface area (Å²) in [6, 6.07) is 7.49. The SMILES string of the molecule is CCOC(=O)C1CCC(CNC(=O)N2CCC3(CC2)OC(=O)c2ccccc23)CC1. The zero-order valence-corrected chi connectivity index (χ0v) is 17.5. The van der Waals surface area contributed by atoms with Crippen molar-refractivity contribution in [1.29, 1.82) is 0 Å². The van der Waals surface area contributed by atoms with Crippen LogP contribution in [0, 0.1) is 11.8 Å². The van der Waals surface area contributed by atoms with Crippen molar-refractivity contribution in [3.05, 3.63) is 35.4 Å². The van der Waals surface area contributed by atoms with E-state index in [4.69, 9.17) is 9.47 Å². The number of rotatable bonds is 4. The van der Waals surface area contributed by atoms with Crippen LogP contribution in [0.3, 0.4) is 0 Å². The molecule has 0 radical (unpaired) electrons. The first kappa shape index (κ1) is 20.7. The van der Waals surface area contributed by atoms with E-state index in [1.165, 1.54) is 0 Å². The number of carbonyl (C=O) groups is 3. The molecule has 1 saturated carbocycles. The highest BCUT2D eigenvalue weighted by atomic mass is 16.6. The highest BCUT2D eigenvalue weighted by Crippen LogP contribution is 2.43. The molecule has 1 saturated heterocycles. The molecule has 1 aliphatic carbocycles. The van der Waals surface area contributed by atoms with Crippen molar-refractivity contribution in [2.75, 3.05) is 26.2 Å². The van der Waals surface area contributed by atoms with Crippen LogP contribution >= 0.6 is 0 Å². The third-order valence-corrected chi connectivity index (χ3v) is 6.79. The van der Waals surface area contributed by atoms with E-state index in [1.807, 2.05) is 36.1 Å². The topological polar surface area (TPSA) is 84.9 Å². The minimum absolute atomic E-state index is 0.00665. The van der Waals surface area contributed by atoms with Gasteiger partial charge in [0.15, 0.2) is 0 Å². The summed E-state index contributed by atoms with van der Waals surface area (Å²) in [4.78, 5) is 38.5. The molecule has 2 amide bonds. The molecule has 0 bridgehead atoms. The van der Waals surface area contributed by atoms with Crippen LogP contribution in [0.25, 0.3) is 0 Å². The van der Waals surface area contributed by atoms with Crippen molar-refractivity contribution < 1.29 is 23.9 Å². The Labute approximate surface area is 177 Å². The third-order valence-electron chi connectivity index (χ3n) is 6.79. The maximum Gasteiger partial charge on any atom is 0.339 e. The van der Waals surface area contributed by atoms with E-state index in [1.54, 1.807) is 0 Å². The molecule has 3 aliphatic rings. The lowest BCUT2D eigenvalue weighted by atomic mass is 9.82. The molecule has 30 heavy (non-hydrogen) atoms. The van der Waals surface area contributed by atoms with E-state index in [0.29, 0.717) is 50.6 Å². The lowest BCUT2D eigenvalue weighted by Crippen LogP contribution is -2.49. The number of piperidine rings is 1. The van der Waals surface area contributed by atoms with E-state index in [9.17, 15) is 14.4 Å². The lowest BCUT2D eigenvalue weighted by Gasteiger charge is -2.38. The number of carbonyl (C=O) groups excluding carboxylic acids is 3. The first-order chi connectivity index (χ1) is 14.5. The van der Waals surface area contributed by atoms with Gasteiger partial charge in [0, 0.05) is 38.0 Å². The molecule has 1 aromatic rings. The number of benzene rings is 1. The van der Waals surface area contributed by atoms with Crippen molar-refractivity contribution >= 4 is 18.0 Å². The largest absolute Gasteiger partial charge is 0.466 e. The van der Waals surface area contributed by atoms with Gasteiger partial charge in [0.2, 0.25) is 0 Å². The first-order valence-corrected chi connectivity index (χ1v) is 11.0. The van der Waals surface area contributed by atoms with E-state index >= 15 is 0 Å². The summed E-state index contributed by atoms with van der Waals surface area (Å²) in [6.07, 6.45) is 4.76. The van der Waals surface area contributed by atoms with Gasteiger partial charge in [-0.05, 0) is 44.6 Å². The number of nitrogens with one attached hydrogen (secondary N) is 1. The maximum atomic E-state index is 12.6. The second-order valence-corrected chi connectivity index (χ2v) is 8.57. The summed E-state index contributed by atoms with van der Waals surface area (Å²) in [5, 5.41) is 3.06. The summed E-state index contributed by atoms with van der Waals surface area (Å²) in [6.45, 7) is 4.01. The molecular formula is C23H30N2O5. The molecule has 0 aromatic heterocycles. The number of esters is 2. The predicted octanol–water partition coefficient (Wildman–Crippen LogP) is 3.23. The molecule has 2 aliphatic heterocycles. The van der Waals surface area contributed by atoms with Crippen LogP contribution in [0.2, 0.25) is 0 Å². The van der Waals surface area contributed by atoms with Gasteiger partial charge in [0.1, 0.15) is 5.60 Å². The molecule has 2 fully saturated rings. The number of hydrogen-bond donors (Lipinski definition) is 1. The van der Waals surface area contributed by atoms with E-state index < -0.39 is 5.60 Å². The van der Waals surface area contributed by atoms with Crippen LogP contribution in [0.5, 0.6) is 0 Å². The molecule has 0 atom stereocenters. The Hall–Kier alpha value is -2.57. The summed E-state index contributed by atoms with van der Waals surface area (Å²) in [5.41, 5.74) is 1.01. The Morgan fingerprint density at radius 1 is 1.17 bits per heavy atom. The van der Waals surface area contributed by atoms with Crippen molar-refractivity contribution in [2.24, 2.45) is 11.8 Å². The van der Waals surface area contributed by atoms with Crippen molar-refractivity contribution in [2.45, 2.75) is 51.0 Å². The molecule has 7 nitrogen and oxygen atoms in total. The second-order valence-electron chi connectivity index (χ2n) is 8.57. The Bertz CT molecular complexity index is 808. The zero-order chi connectivity index (χ0) is 21.1. The van der Waals surface area contributed by atoms with Gasteiger partial charge in [-0.15, -0.1) is 0 Å². The Balaban J connectivity index is 1.23. The number of fused-ring (bicyclic) bond motifs is 2. The molecule has 1 spiro atoms. The van der Waals surface area contributed by atoms with Crippen LogP contribution in [0.4, 0.5) is 4.79 Å². The highest BCUT2D eigenvalue weighted by molar-refractivity contribution is 5.94. The van der Waals surface area contributed by atoms with E-state index in [2.05, 4.69) is 5.32 Å². The van der Waals surface area contributed by atoms with Crippen LogP contribution in [-0.4, -0.2) is 49.1 Å². The maximum absolute atomic E-state index is 12.6. The van der Waals surface area contributed by atoms with Crippen LogP contribution in [-0.2, 0) is 19.9 Å². The predicted molar refractivity (Wildman–Crippen MR) is 110 cm³/mol. The Morgan fingerprint density at radius 2 is 1.87 bits per heavy atom. The van der Waals surface area contributed by atoms with Crippen molar-refractivity contribution in [1.82, 2.24) is 10.2 Å². The standard InChI is InChI=1S/C23H30N2O5/c1-2-29-20(26)17-9-7-16(8-10-17)15-24-22(28)25-13-11-23(12-14-25)19-6-4-3-5-18(19)21(27)30-23/h3-6,16-17H,2,7-15H2,1H3,(H,24,28). The van der Waals surface area contributed by atoms with Crippen LogP contribution in [0.15, 0.2) is 24.3 Å². The molecule has 0 unspecified atom stereocenters. The van der Waals surface area contributed by atoms with Gasteiger partial charge >= 0.3 is 18.0 Å². The molecule has 7 heteroatoms. The second kappa shape index (κ2) is 8.66. The van der Waals surface area contributed by atoms with Gasteiger partial charge in [-0.1, -0.05) is 18.2 Å². The summed E-state index contributed by atoms with van der Waals surface area (Å²) >= 11 is 0. The zero-order valence-electron chi connectivity index (χ0n) is 17.5. The molecule has 2 heterocycles. The monoisotopic (exact) mass is 414 g/mol. The fourth-order valence-corrected chi connectivity index (χ4v) is 4.99. The van der Waals surface area contributed by atoms with Gasteiger partial charge in [-0.3, -0.25) is 4.79 Å². The fourth-order valence-electron chi connectivity index (χ4n) is 4.99. The van der Waals surface area contributed by atoms with E-state index in [0.717, 1.165) is 31.2 Å². The van der Waals surface area contributed by atoms with Crippen LogP contribution in [0.1, 0.15) is 61.4 Å². The van der Waals surface area contributed by atoms with Crippen LogP contribution < -0.4 is 5.32 Å². The van der Waals surface area contributed by atoms with Gasteiger partial charge < -0.3 is 19.7 Å². The highest BCUT2D eigenvalue weighted by Gasteiger charge is 2.47. The van der Waals surface area contributed by atoms with Gasteiger partial charge in [-0.2, -0.15) is 0 Å². The number of amides is 2. The fraction of sp³-hybridized carbons (Fsp3) is 0.609. The van der Waals surface area contributed by atoms with E-state index in [-0.39, 0.29) is 23.9 Å². The average Bonchev–Trinajstić information content (AvgIpc) is 3.04. The Kier molecular flexibility index (Phi) is 5.97. The number of nitrogens with zero attached hydrogens (tertiary/aromatic N) is 1. The number of likely N-dealkylation sites (tertiary alicyclic amines) is 1. The number of hydrogen-bond acceptors (Lipinski definition) is 5. The third kappa shape index (κ3) is 4.02. The average molecular weight is 415 g/mol. The van der Waals surface area contributed by atoms with Crippen molar-refractivity contribution in [3.8, 4) is 0 Å². The molecule has 1 N–H and O–H groups in total. The smallest absolute Gasteiger partial charge is 0.339 e. The Morgan fingerprint density at radius 3 is 2.57 bits per heavy atom. The summed E-state index contributed by atoms with van der Waals surface area (Å²) in [7, 11) is 0. The number of urea groups is 1. The quantitative estimate of drug-likeness (QED) is 0.765. The molecular weight excluding hydrogens is 384 g/mol. The molecule has 4 rings (SSSR count). The molecule has 162 valence electrons.